The fourth-order valence-electron chi connectivity index (χ4n) is 5.23. The van der Waals surface area contributed by atoms with Gasteiger partial charge >= 0.3 is 6.03 Å². The van der Waals surface area contributed by atoms with Gasteiger partial charge in [-0.2, -0.15) is 0 Å². The number of amides is 3. The van der Waals surface area contributed by atoms with Crippen LogP contribution in [0.4, 0.5) is 16.2 Å². The first-order chi connectivity index (χ1) is 21.5. The average Bonchev–Trinajstić information content (AvgIpc) is 3.02. The number of fused-ring (bicyclic) bond motifs is 2. The molecule has 3 atom stereocenters. The Hall–Kier alpha value is -4.32. The largest absolute Gasteiger partial charge is 0.487 e. The molecule has 45 heavy (non-hydrogen) atoms. The predicted molar refractivity (Wildman–Crippen MR) is 175 cm³/mol. The number of hydrogen-bond donors (Lipinski definition) is 3. The van der Waals surface area contributed by atoms with Gasteiger partial charge in [-0.1, -0.05) is 54.9 Å². The molecule has 0 radical (unpaired) electrons. The molecule has 1 aliphatic heterocycles. The normalized spacial score (nSPS) is 17.4. The molecule has 0 bridgehead atoms. The van der Waals surface area contributed by atoms with E-state index in [0.717, 1.165) is 10.8 Å². The lowest BCUT2D eigenvalue weighted by Crippen LogP contribution is -2.50. The first-order valence-corrected chi connectivity index (χ1v) is 16.3. The van der Waals surface area contributed by atoms with Crippen molar-refractivity contribution >= 4 is 55.7 Å². The zero-order valence-corrected chi connectivity index (χ0v) is 26.7. The van der Waals surface area contributed by atoms with Crippen LogP contribution in [0.25, 0.3) is 10.8 Å². The van der Waals surface area contributed by atoms with Gasteiger partial charge in [0.25, 0.3) is 15.9 Å². The van der Waals surface area contributed by atoms with E-state index in [1.807, 2.05) is 49.4 Å². The fraction of sp³-hybridized carbons (Fsp3) is 0.273. The monoisotopic (exact) mass is 650 g/mol. The number of benzene rings is 4. The maximum atomic E-state index is 13.8. The lowest BCUT2D eigenvalue weighted by Gasteiger charge is -2.38. The van der Waals surface area contributed by atoms with E-state index in [-0.39, 0.29) is 53.5 Å². The van der Waals surface area contributed by atoms with Crippen LogP contribution in [0.3, 0.4) is 0 Å². The van der Waals surface area contributed by atoms with Crippen LogP contribution in [0.5, 0.6) is 5.75 Å². The smallest absolute Gasteiger partial charge is 0.321 e. The summed E-state index contributed by atoms with van der Waals surface area (Å²) in [5.74, 6) is -0.401. The molecule has 0 spiro atoms. The second-order valence-corrected chi connectivity index (χ2v) is 13.3. The van der Waals surface area contributed by atoms with Crippen LogP contribution >= 0.6 is 11.6 Å². The van der Waals surface area contributed by atoms with Gasteiger partial charge in [0.05, 0.1) is 35.3 Å². The Morgan fingerprint density at radius 1 is 1.09 bits per heavy atom. The minimum Gasteiger partial charge on any atom is -0.487 e. The van der Waals surface area contributed by atoms with Gasteiger partial charge in [0.15, 0.2) is 0 Å². The molecule has 3 amide bonds. The lowest BCUT2D eigenvalue weighted by atomic mass is 9.99. The average molecular weight is 651 g/mol. The molecule has 12 heteroatoms. The zero-order chi connectivity index (χ0) is 32.3. The van der Waals surface area contributed by atoms with Crippen molar-refractivity contribution in [3.8, 4) is 5.75 Å². The van der Waals surface area contributed by atoms with Crippen molar-refractivity contribution in [2.75, 3.05) is 36.8 Å². The Labute approximate surface area is 267 Å². The highest BCUT2D eigenvalue weighted by molar-refractivity contribution is 7.92. The molecule has 0 aliphatic carbocycles. The van der Waals surface area contributed by atoms with Crippen molar-refractivity contribution in [3.05, 3.63) is 95.5 Å². The molecular weight excluding hydrogens is 616 g/mol. The second kappa shape index (κ2) is 13.4. The summed E-state index contributed by atoms with van der Waals surface area (Å²) in [4.78, 5) is 30.2. The Morgan fingerprint density at radius 2 is 1.80 bits per heavy atom. The SMILES string of the molecule is C[C@@H]1CN([C@H](C)CO)C(=O)c2cc(NS(=O)(=O)c3ccc(Cl)cc3)ccc2O[C@H]1CN(C)C(=O)Nc1cccc2ccccc12. The quantitative estimate of drug-likeness (QED) is 0.225. The number of aliphatic hydroxyl groups excluding tert-OH is 1. The number of aliphatic hydroxyl groups is 1. The van der Waals surface area contributed by atoms with E-state index in [1.165, 1.54) is 47.4 Å². The van der Waals surface area contributed by atoms with E-state index in [0.29, 0.717) is 10.7 Å². The number of sulfonamides is 1. The van der Waals surface area contributed by atoms with Crippen LogP contribution in [-0.4, -0.2) is 74.2 Å². The topological polar surface area (TPSA) is 128 Å². The molecule has 5 rings (SSSR count). The summed E-state index contributed by atoms with van der Waals surface area (Å²) in [5, 5.41) is 15.3. The van der Waals surface area contributed by atoms with Crippen molar-refractivity contribution < 1.29 is 27.9 Å². The number of urea groups is 1. The molecule has 236 valence electrons. The number of likely N-dealkylation sites (N-methyl/N-ethyl adjacent to an activating group) is 1. The van der Waals surface area contributed by atoms with E-state index < -0.39 is 28.1 Å². The number of hydrogen-bond acceptors (Lipinski definition) is 6. The second-order valence-electron chi connectivity index (χ2n) is 11.2. The Morgan fingerprint density at radius 3 is 2.53 bits per heavy atom. The van der Waals surface area contributed by atoms with Gasteiger partial charge in [0, 0.05) is 35.6 Å². The highest BCUT2D eigenvalue weighted by atomic mass is 35.5. The van der Waals surface area contributed by atoms with Crippen molar-refractivity contribution in [2.24, 2.45) is 5.92 Å². The number of anilines is 2. The van der Waals surface area contributed by atoms with E-state index in [9.17, 15) is 23.1 Å². The molecule has 0 saturated heterocycles. The number of nitrogens with zero attached hydrogens (tertiary/aromatic N) is 2. The Balaban J connectivity index is 1.40. The van der Waals surface area contributed by atoms with E-state index in [4.69, 9.17) is 16.3 Å². The lowest BCUT2D eigenvalue weighted by molar-refractivity contribution is 0.0371. The molecule has 1 aliphatic rings. The Kier molecular flexibility index (Phi) is 9.52. The highest BCUT2D eigenvalue weighted by Crippen LogP contribution is 2.32. The molecule has 3 N–H and O–H groups in total. The molecule has 0 fully saturated rings. The van der Waals surface area contributed by atoms with Crippen LogP contribution < -0.4 is 14.8 Å². The maximum Gasteiger partial charge on any atom is 0.321 e. The molecule has 1 heterocycles. The molecular formula is C33H35ClN4O6S. The Bertz CT molecular complexity index is 1810. The number of rotatable bonds is 8. The summed E-state index contributed by atoms with van der Waals surface area (Å²) in [6, 6.07) is 22.8. The van der Waals surface area contributed by atoms with Gasteiger partial charge in [0.2, 0.25) is 0 Å². The van der Waals surface area contributed by atoms with Crippen LogP contribution in [-0.2, 0) is 10.0 Å². The van der Waals surface area contributed by atoms with E-state index >= 15 is 0 Å². The van der Waals surface area contributed by atoms with Crippen LogP contribution in [0, 0.1) is 5.92 Å². The summed E-state index contributed by atoms with van der Waals surface area (Å²) in [6.07, 6.45) is -0.537. The van der Waals surface area contributed by atoms with Gasteiger partial charge in [-0.25, -0.2) is 13.2 Å². The number of carbonyl (C=O) groups excluding carboxylic acids is 2. The third kappa shape index (κ3) is 7.16. The third-order valence-corrected chi connectivity index (χ3v) is 9.52. The highest BCUT2D eigenvalue weighted by Gasteiger charge is 2.34. The maximum absolute atomic E-state index is 13.8. The van der Waals surface area contributed by atoms with Crippen molar-refractivity contribution in [2.45, 2.75) is 30.9 Å². The number of ether oxygens (including phenoxy) is 1. The number of halogens is 1. The van der Waals surface area contributed by atoms with Gasteiger partial charge in [0.1, 0.15) is 11.9 Å². The standard InChI is InChI=1S/C33H35ClN4O6S/c1-21-18-38(22(2)20-39)32(40)28-17-25(36-45(42,43)26-14-11-24(34)12-15-26)13-16-30(28)44-31(21)19-37(3)33(41)35-29-10-6-8-23-7-4-5-9-27(23)29/h4-17,21-22,31,36,39H,18-20H2,1-3H3,(H,35,41)/t21-,22-,31+/m1/s1. The first-order valence-electron chi connectivity index (χ1n) is 14.5. The summed E-state index contributed by atoms with van der Waals surface area (Å²) < 4.78 is 35.0. The van der Waals surface area contributed by atoms with Gasteiger partial charge < -0.3 is 25.0 Å². The summed E-state index contributed by atoms with van der Waals surface area (Å²) in [6.45, 7) is 3.82. The summed E-state index contributed by atoms with van der Waals surface area (Å²) in [7, 11) is -2.30. The first kappa shape index (κ1) is 32.1. The van der Waals surface area contributed by atoms with Crippen LogP contribution in [0.15, 0.2) is 89.8 Å². The van der Waals surface area contributed by atoms with Crippen molar-refractivity contribution in [3.63, 3.8) is 0 Å². The van der Waals surface area contributed by atoms with Crippen LogP contribution in [0.2, 0.25) is 5.02 Å². The minimum absolute atomic E-state index is 0.00968. The predicted octanol–water partition coefficient (Wildman–Crippen LogP) is 5.68. The summed E-state index contributed by atoms with van der Waals surface area (Å²) in [5.41, 5.74) is 0.976. The van der Waals surface area contributed by atoms with Crippen molar-refractivity contribution in [1.82, 2.24) is 9.80 Å². The van der Waals surface area contributed by atoms with Gasteiger partial charge in [-0.05, 0) is 60.8 Å². The molecule has 10 nitrogen and oxygen atoms in total. The van der Waals surface area contributed by atoms with Crippen LogP contribution in [0.1, 0.15) is 24.2 Å². The molecule has 4 aromatic carbocycles. The van der Waals surface area contributed by atoms with Gasteiger partial charge in [-0.15, -0.1) is 0 Å². The fourth-order valence-corrected chi connectivity index (χ4v) is 6.41. The molecule has 0 saturated carbocycles. The number of nitrogens with one attached hydrogen (secondary N) is 2. The molecule has 0 unspecified atom stereocenters. The van der Waals surface area contributed by atoms with E-state index in [2.05, 4.69) is 10.0 Å². The number of carbonyl (C=O) groups is 2. The third-order valence-electron chi connectivity index (χ3n) is 7.87. The molecule has 0 aromatic heterocycles. The van der Waals surface area contributed by atoms with Gasteiger partial charge in [-0.3, -0.25) is 9.52 Å². The summed E-state index contributed by atoms with van der Waals surface area (Å²) >= 11 is 5.91. The molecule has 4 aromatic rings. The minimum atomic E-state index is -3.98. The van der Waals surface area contributed by atoms with E-state index in [1.54, 1.807) is 18.9 Å². The van der Waals surface area contributed by atoms with Crippen molar-refractivity contribution in [1.29, 1.82) is 0 Å². The zero-order valence-electron chi connectivity index (χ0n) is 25.1.